The maximum atomic E-state index is 11.6. The third kappa shape index (κ3) is 4.27. The van der Waals surface area contributed by atoms with Crippen LogP contribution in [0.1, 0.15) is 5.56 Å². The molecule has 1 heterocycles. The number of thiazole rings is 1. The number of rotatable bonds is 3. The van der Waals surface area contributed by atoms with Crippen molar-refractivity contribution in [2.45, 2.75) is 11.8 Å². The van der Waals surface area contributed by atoms with Crippen molar-refractivity contribution < 1.29 is 8.42 Å². The second-order valence-corrected chi connectivity index (χ2v) is 7.83. The van der Waals surface area contributed by atoms with E-state index >= 15 is 0 Å². The first kappa shape index (κ1) is 19.6. The number of hydrogen-bond acceptors (Lipinski definition) is 4. The number of nitrogens with two attached hydrogens (primary N) is 1. The molecule has 0 unspecified atom stereocenters. The molecule has 0 radical (unpaired) electrons. The molecule has 8 heteroatoms. The third-order valence-electron chi connectivity index (χ3n) is 3.72. The second kappa shape index (κ2) is 7.65. The first-order chi connectivity index (χ1) is 11.4. The van der Waals surface area contributed by atoms with Crippen LogP contribution >= 0.6 is 28.3 Å². The summed E-state index contributed by atoms with van der Waals surface area (Å²) in [7, 11) is -1.82. The molecule has 0 amide bonds. The van der Waals surface area contributed by atoms with Gasteiger partial charge in [0.2, 0.25) is 10.0 Å². The van der Waals surface area contributed by atoms with E-state index in [0.717, 1.165) is 27.3 Å². The zero-order chi connectivity index (χ0) is 17.3. The first-order valence-electron chi connectivity index (χ1n) is 7.24. The minimum Gasteiger partial charge on any atom is -0.320 e. The molecule has 132 valence electrons. The molecule has 3 rings (SSSR count). The Kier molecular flexibility index (Phi) is 5.99. The average Bonchev–Trinajstić information content (AvgIpc) is 2.89. The van der Waals surface area contributed by atoms with E-state index in [9.17, 15) is 8.42 Å². The van der Waals surface area contributed by atoms with E-state index in [-0.39, 0.29) is 21.9 Å². The molecule has 0 bridgehead atoms. The molecule has 5 nitrogen and oxygen atoms in total. The van der Waals surface area contributed by atoms with E-state index in [1.807, 2.05) is 54.3 Å². The Bertz CT molecular complexity index is 1050. The van der Waals surface area contributed by atoms with Gasteiger partial charge in [-0.3, -0.25) is 0 Å². The lowest BCUT2D eigenvalue weighted by atomic mass is 10.1. The number of hydrogen-bond donors (Lipinski definition) is 1. The van der Waals surface area contributed by atoms with Crippen LogP contribution in [0.2, 0.25) is 0 Å². The van der Waals surface area contributed by atoms with E-state index in [1.165, 1.54) is 17.4 Å². The van der Waals surface area contributed by atoms with Crippen LogP contribution in [0.4, 0.5) is 5.69 Å². The van der Waals surface area contributed by atoms with Crippen LogP contribution in [0.3, 0.4) is 0 Å². The molecule has 2 N–H and O–H groups in total. The van der Waals surface area contributed by atoms with Gasteiger partial charge >= 0.3 is 0 Å². The van der Waals surface area contributed by atoms with Gasteiger partial charge in [-0.1, -0.05) is 24.3 Å². The number of para-hydroxylation sites is 1. The fraction of sp³-hybridized carbons (Fsp3) is 0.118. The Morgan fingerprint density at radius 1 is 1.12 bits per heavy atom. The maximum absolute atomic E-state index is 11.6. The van der Waals surface area contributed by atoms with Crippen LogP contribution in [0, 0.1) is 6.92 Å². The monoisotopic (exact) mass is 439 g/mol. The number of primary sulfonamides is 1. The van der Waals surface area contributed by atoms with E-state index in [4.69, 9.17) is 5.14 Å². The zero-order valence-corrected chi connectivity index (χ0v) is 17.1. The first-order valence-corrected chi connectivity index (χ1v) is 9.67. The highest BCUT2D eigenvalue weighted by atomic mass is 79.9. The van der Waals surface area contributed by atoms with Crippen LogP contribution in [-0.4, -0.2) is 13.0 Å². The molecular weight excluding hydrogens is 422 g/mol. The van der Waals surface area contributed by atoms with Crippen molar-refractivity contribution in [3.05, 3.63) is 64.3 Å². The van der Waals surface area contributed by atoms with Crippen molar-refractivity contribution in [1.29, 1.82) is 0 Å². The van der Waals surface area contributed by atoms with E-state index in [1.54, 1.807) is 12.1 Å². The fourth-order valence-electron chi connectivity index (χ4n) is 2.38. The molecule has 2 aromatic carbocycles. The van der Waals surface area contributed by atoms with Crippen LogP contribution < -0.4 is 9.94 Å². The van der Waals surface area contributed by atoms with Gasteiger partial charge in [0.15, 0.2) is 4.80 Å². The van der Waals surface area contributed by atoms with Crippen molar-refractivity contribution in [2.75, 3.05) is 0 Å². The summed E-state index contributed by atoms with van der Waals surface area (Å²) in [6, 6.07) is 14.6. The number of halogens is 1. The molecule has 0 aliphatic carbocycles. The topological polar surface area (TPSA) is 77.5 Å². The van der Waals surface area contributed by atoms with Crippen molar-refractivity contribution >= 4 is 44.0 Å². The lowest BCUT2D eigenvalue weighted by molar-refractivity contribution is 0.598. The molecule has 0 saturated heterocycles. The molecule has 0 atom stereocenters. The Morgan fingerprint density at radius 2 is 1.80 bits per heavy atom. The second-order valence-electron chi connectivity index (χ2n) is 5.43. The van der Waals surface area contributed by atoms with Gasteiger partial charge in [0.25, 0.3) is 0 Å². The highest BCUT2D eigenvalue weighted by molar-refractivity contribution is 8.93. The van der Waals surface area contributed by atoms with E-state index in [0.29, 0.717) is 0 Å². The molecule has 0 spiro atoms. The summed E-state index contributed by atoms with van der Waals surface area (Å²) in [5, 5.41) is 7.22. The van der Waals surface area contributed by atoms with Crippen molar-refractivity contribution in [1.82, 2.24) is 4.57 Å². The summed E-state index contributed by atoms with van der Waals surface area (Å²) in [6.07, 6.45) is 0. The minimum atomic E-state index is -3.73. The number of nitrogens with zero attached hydrogens (tertiary/aromatic N) is 2. The van der Waals surface area contributed by atoms with Gasteiger partial charge in [0, 0.05) is 18.0 Å². The van der Waals surface area contributed by atoms with Crippen LogP contribution in [-0.2, 0) is 17.1 Å². The van der Waals surface area contributed by atoms with E-state index < -0.39 is 10.0 Å². The number of benzene rings is 2. The third-order valence-corrected chi connectivity index (χ3v) is 5.55. The van der Waals surface area contributed by atoms with Gasteiger partial charge in [-0.05, 0) is 36.8 Å². The van der Waals surface area contributed by atoms with Gasteiger partial charge in [0.1, 0.15) is 0 Å². The Hall–Kier alpha value is -1.74. The number of sulfonamides is 1. The van der Waals surface area contributed by atoms with Crippen molar-refractivity contribution in [3.63, 3.8) is 0 Å². The van der Waals surface area contributed by atoms with Gasteiger partial charge in [-0.25, -0.2) is 18.5 Å². The molecule has 0 aliphatic rings. The maximum Gasteiger partial charge on any atom is 0.238 e. The summed E-state index contributed by atoms with van der Waals surface area (Å²) in [4.78, 5) is 5.56. The normalized spacial score (nSPS) is 12.0. The van der Waals surface area contributed by atoms with Gasteiger partial charge < -0.3 is 4.57 Å². The fourth-order valence-corrected chi connectivity index (χ4v) is 3.84. The summed E-state index contributed by atoms with van der Waals surface area (Å²) in [5.74, 6) is 0. The van der Waals surface area contributed by atoms with Crippen molar-refractivity contribution in [3.8, 4) is 11.3 Å². The Morgan fingerprint density at radius 3 is 2.44 bits per heavy atom. The van der Waals surface area contributed by atoms with Crippen LogP contribution in [0.5, 0.6) is 0 Å². The average molecular weight is 440 g/mol. The van der Waals surface area contributed by atoms with Crippen LogP contribution in [0.25, 0.3) is 11.3 Å². The number of aryl methyl sites for hydroxylation is 1. The molecule has 1 aromatic heterocycles. The number of aromatic nitrogens is 1. The van der Waals surface area contributed by atoms with Crippen LogP contribution in [0.15, 0.2) is 63.8 Å². The summed E-state index contributed by atoms with van der Waals surface area (Å²) in [6.45, 7) is 1.94. The Balaban J connectivity index is 0.00000225. The SMILES string of the molecule is Br.Cc1ccc(S(N)(=O)=O)cc1-c1cs/c(=N/c2ccccc2)n1C. The Labute approximate surface area is 161 Å². The van der Waals surface area contributed by atoms with Gasteiger partial charge in [0.05, 0.1) is 16.3 Å². The molecule has 0 aliphatic heterocycles. The standard InChI is InChI=1S/C17H17N3O2S2.BrH/c1-12-8-9-14(24(18,21)22)10-15(12)16-11-23-17(20(16)2)19-13-6-4-3-5-7-13;/h3-11H,1-2H3,(H2,18,21,22);1H/b19-17+;. The van der Waals surface area contributed by atoms with Gasteiger partial charge in [-0.2, -0.15) is 0 Å². The summed E-state index contributed by atoms with van der Waals surface area (Å²) >= 11 is 1.50. The smallest absolute Gasteiger partial charge is 0.238 e. The molecule has 25 heavy (non-hydrogen) atoms. The highest BCUT2D eigenvalue weighted by Crippen LogP contribution is 2.26. The molecule has 0 fully saturated rings. The summed E-state index contributed by atoms with van der Waals surface area (Å²) < 4.78 is 25.2. The van der Waals surface area contributed by atoms with Crippen molar-refractivity contribution in [2.24, 2.45) is 17.2 Å². The van der Waals surface area contributed by atoms with Gasteiger partial charge in [-0.15, -0.1) is 28.3 Å². The molecular formula is C17H18BrN3O2S2. The largest absolute Gasteiger partial charge is 0.320 e. The highest BCUT2D eigenvalue weighted by Gasteiger charge is 2.13. The predicted octanol–water partition coefficient (Wildman–Crippen LogP) is 3.52. The lowest BCUT2D eigenvalue weighted by Crippen LogP contribution is -2.13. The quantitative estimate of drug-likeness (QED) is 0.677. The zero-order valence-electron chi connectivity index (χ0n) is 13.7. The minimum absolute atomic E-state index is 0. The summed E-state index contributed by atoms with van der Waals surface area (Å²) in [5.41, 5.74) is 3.58. The molecule has 3 aromatic rings. The molecule has 0 saturated carbocycles. The lowest BCUT2D eigenvalue weighted by Gasteiger charge is -2.09. The predicted molar refractivity (Wildman–Crippen MR) is 107 cm³/mol. The van der Waals surface area contributed by atoms with E-state index in [2.05, 4.69) is 4.99 Å².